The molecule has 0 fully saturated rings. The first-order valence-corrected chi connectivity index (χ1v) is 6.52. The van der Waals surface area contributed by atoms with Crippen LogP contribution in [0.4, 0.5) is 11.5 Å². The molecular formula is C14H16N4O3. The van der Waals surface area contributed by atoms with Gasteiger partial charge in [-0.2, -0.15) is 4.98 Å². The Kier molecular flexibility index (Phi) is 4.65. The number of hydrogen-bond acceptors (Lipinski definition) is 6. The van der Waals surface area contributed by atoms with E-state index in [4.69, 9.17) is 4.74 Å². The number of hydrogen-bond donors (Lipinski definition) is 1. The van der Waals surface area contributed by atoms with Crippen molar-refractivity contribution in [1.82, 2.24) is 9.97 Å². The Morgan fingerprint density at radius 2 is 2.00 bits per heavy atom. The first kappa shape index (κ1) is 14.7. The van der Waals surface area contributed by atoms with Gasteiger partial charge in [0.25, 0.3) is 5.88 Å². The minimum atomic E-state index is -0.536. The average molecular weight is 288 g/mol. The topological polar surface area (TPSA) is 90.2 Å². The summed E-state index contributed by atoms with van der Waals surface area (Å²) in [6.45, 7) is 2.31. The molecule has 1 heterocycles. The molecule has 0 atom stereocenters. The van der Waals surface area contributed by atoms with Gasteiger partial charge in [-0.15, -0.1) is 0 Å². The number of nitrogens with one attached hydrogen (secondary N) is 1. The summed E-state index contributed by atoms with van der Waals surface area (Å²) in [5.41, 5.74) is 0.757. The van der Waals surface area contributed by atoms with Crippen LogP contribution in [0.25, 0.3) is 0 Å². The van der Waals surface area contributed by atoms with E-state index in [1.807, 2.05) is 37.3 Å². The molecule has 0 aliphatic carbocycles. The normalized spacial score (nSPS) is 10.2. The molecule has 0 spiro atoms. The van der Waals surface area contributed by atoms with E-state index in [2.05, 4.69) is 15.3 Å². The van der Waals surface area contributed by atoms with Gasteiger partial charge in [0.05, 0.1) is 12.0 Å². The molecule has 21 heavy (non-hydrogen) atoms. The molecule has 0 bridgehead atoms. The number of nitrogens with zero attached hydrogens (tertiary/aromatic N) is 3. The van der Waals surface area contributed by atoms with Crippen LogP contribution in [0.3, 0.4) is 0 Å². The molecule has 0 aliphatic heterocycles. The van der Waals surface area contributed by atoms with E-state index in [0.29, 0.717) is 18.8 Å². The van der Waals surface area contributed by atoms with Crippen molar-refractivity contribution >= 4 is 11.5 Å². The zero-order valence-corrected chi connectivity index (χ0v) is 11.9. The summed E-state index contributed by atoms with van der Waals surface area (Å²) >= 11 is 0. The Labute approximate surface area is 122 Å². The number of rotatable bonds is 6. The predicted molar refractivity (Wildman–Crippen MR) is 78.4 cm³/mol. The fourth-order valence-electron chi connectivity index (χ4n) is 1.85. The zero-order valence-electron chi connectivity index (χ0n) is 11.9. The third-order valence-corrected chi connectivity index (χ3v) is 2.89. The van der Waals surface area contributed by atoms with Crippen molar-refractivity contribution in [2.24, 2.45) is 0 Å². The minimum absolute atomic E-state index is 0.0255. The fraction of sp³-hybridized carbons (Fsp3) is 0.286. The van der Waals surface area contributed by atoms with E-state index >= 15 is 0 Å². The molecule has 110 valence electrons. The first-order valence-electron chi connectivity index (χ1n) is 6.52. The molecular weight excluding hydrogens is 272 g/mol. The van der Waals surface area contributed by atoms with Crippen molar-refractivity contribution < 1.29 is 9.66 Å². The second kappa shape index (κ2) is 6.65. The molecule has 0 amide bonds. The summed E-state index contributed by atoms with van der Waals surface area (Å²) < 4.78 is 5.01. The summed E-state index contributed by atoms with van der Waals surface area (Å²) in [6.07, 6.45) is 0.564. The molecule has 1 aromatic heterocycles. The number of anilines is 1. The highest BCUT2D eigenvalue weighted by molar-refractivity contribution is 5.61. The van der Waals surface area contributed by atoms with Crippen LogP contribution in [0, 0.1) is 10.1 Å². The Balaban J connectivity index is 2.34. The molecule has 0 saturated carbocycles. The Morgan fingerprint density at radius 1 is 1.29 bits per heavy atom. The highest BCUT2D eigenvalue weighted by Gasteiger charge is 2.25. The summed E-state index contributed by atoms with van der Waals surface area (Å²) in [6, 6.07) is 9.58. The Bertz CT molecular complexity index is 632. The highest BCUT2D eigenvalue weighted by Crippen LogP contribution is 2.31. The van der Waals surface area contributed by atoms with E-state index in [0.717, 1.165) is 5.56 Å². The van der Waals surface area contributed by atoms with Gasteiger partial charge >= 0.3 is 5.69 Å². The van der Waals surface area contributed by atoms with Crippen LogP contribution < -0.4 is 10.1 Å². The van der Waals surface area contributed by atoms with Gasteiger partial charge in [-0.1, -0.05) is 37.3 Å². The smallest absolute Gasteiger partial charge is 0.372 e. The molecule has 2 rings (SSSR count). The van der Waals surface area contributed by atoms with Gasteiger partial charge in [0, 0.05) is 13.0 Å². The maximum atomic E-state index is 11.2. The molecule has 7 heteroatoms. The molecule has 2 aromatic rings. The molecule has 0 saturated heterocycles. The third-order valence-electron chi connectivity index (χ3n) is 2.89. The lowest BCUT2D eigenvalue weighted by molar-refractivity contribution is -0.385. The summed E-state index contributed by atoms with van der Waals surface area (Å²) in [5, 5.41) is 14.2. The summed E-state index contributed by atoms with van der Waals surface area (Å²) in [7, 11) is 1.36. The van der Waals surface area contributed by atoms with Crippen molar-refractivity contribution in [3.05, 3.63) is 51.8 Å². The van der Waals surface area contributed by atoms with Gasteiger partial charge < -0.3 is 10.1 Å². The van der Waals surface area contributed by atoms with E-state index in [1.54, 1.807) is 0 Å². The molecule has 0 unspecified atom stereocenters. The summed E-state index contributed by atoms with van der Waals surface area (Å²) in [5.74, 6) is 0.642. The molecule has 1 aromatic carbocycles. The number of nitro groups is 1. The lowest BCUT2D eigenvalue weighted by Crippen LogP contribution is -2.09. The molecule has 1 N–H and O–H groups in total. The van der Waals surface area contributed by atoms with E-state index in [9.17, 15) is 10.1 Å². The second-order valence-corrected chi connectivity index (χ2v) is 4.30. The van der Waals surface area contributed by atoms with Crippen molar-refractivity contribution in [2.45, 2.75) is 19.9 Å². The van der Waals surface area contributed by atoms with Gasteiger partial charge in [-0.25, -0.2) is 4.98 Å². The highest BCUT2D eigenvalue weighted by atomic mass is 16.6. The van der Waals surface area contributed by atoms with Gasteiger partial charge in [-0.05, 0) is 5.56 Å². The van der Waals surface area contributed by atoms with Crippen LogP contribution in [0.15, 0.2) is 30.3 Å². The number of aryl methyl sites for hydroxylation is 1. The first-order chi connectivity index (χ1) is 10.2. The van der Waals surface area contributed by atoms with Gasteiger partial charge in [0.2, 0.25) is 5.82 Å². The van der Waals surface area contributed by atoms with E-state index in [-0.39, 0.29) is 17.4 Å². The monoisotopic (exact) mass is 288 g/mol. The van der Waals surface area contributed by atoms with Crippen LogP contribution in [0.2, 0.25) is 0 Å². The third kappa shape index (κ3) is 3.44. The van der Waals surface area contributed by atoms with Crippen molar-refractivity contribution in [3.8, 4) is 5.88 Å². The van der Waals surface area contributed by atoms with Crippen molar-refractivity contribution in [2.75, 3.05) is 12.4 Å². The van der Waals surface area contributed by atoms with Gasteiger partial charge in [0.1, 0.15) is 5.82 Å². The van der Waals surface area contributed by atoms with Crippen LogP contribution in [-0.2, 0) is 13.0 Å². The van der Waals surface area contributed by atoms with Gasteiger partial charge in [-0.3, -0.25) is 10.1 Å². The molecule has 0 aliphatic rings. The SMILES string of the molecule is CCc1nc(NCc2ccccc2)c([N+](=O)[O-])c(OC)n1. The number of aromatic nitrogens is 2. The maximum Gasteiger partial charge on any atom is 0.372 e. The van der Waals surface area contributed by atoms with Crippen LogP contribution in [-0.4, -0.2) is 22.0 Å². The Morgan fingerprint density at radius 3 is 2.57 bits per heavy atom. The quantitative estimate of drug-likeness (QED) is 0.649. The lowest BCUT2D eigenvalue weighted by Gasteiger charge is -2.10. The van der Waals surface area contributed by atoms with E-state index < -0.39 is 4.92 Å². The predicted octanol–water partition coefficient (Wildman–Crippen LogP) is 2.57. The fourth-order valence-corrected chi connectivity index (χ4v) is 1.85. The zero-order chi connectivity index (χ0) is 15.2. The standard InChI is InChI=1S/C14H16N4O3/c1-3-11-16-13(12(18(19)20)14(17-11)21-2)15-9-10-7-5-4-6-8-10/h4-8H,3,9H2,1-2H3,(H,15,16,17). The van der Waals surface area contributed by atoms with Crippen molar-refractivity contribution in [3.63, 3.8) is 0 Å². The maximum absolute atomic E-state index is 11.2. The average Bonchev–Trinajstić information content (AvgIpc) is 2.52. The van der Waals surface area contributed by atoms with Gasteiger partial charge in [0.15, 0.2) is 0 Å². The van der Waals surface area contributed by atoms with Crippen LogP contribution in [0.5, 0.6) is 5.88 Å². The van der Waals surface area contributed by atoms with Crippen LogP contribution >= 0.6 is 0 Å². The second-order valence-electron chi connectivity index (χ2n) is 4.30. The largest absolute Gasteiger partial charge is 0.476 e. The summed E-state index contributed by atoms with van der Waals surface area (Å²) in [4.78, 5) is 18.9. The lowest BCUT2D eigenvalue weighted by atomic mass is 10.2. The van der Waals surface area contributed by atoms with Crippen molar-refractivity contribution in [1.29, 1.82) is 0 Å². The van der Waals surface area contributed by atoms with Crippen LogP contribution in [0.1, 0.15) is 18.3 Å². The molecule has 7 nitrogen and oxygen atoms in total. The molecule has 0 radical (unpaired) electrons. The minimum Gasteiger partial charge on any atom is -0.476 e. The number of benzene rings is 1. The number of ether oxygens (including phenoxy) is 1. The number of methoxy groups -OCH3 is 1. The Hall–Kier alpha value is -2.70. The van der Waals surface area contributed by atoms with E-state index in [1.165, 1.54) is 7.11 Å².